The van der Waals surface area contributed by atoms with E-state index in [0.717, 1.165) is 5.69 Å². The first-order chi connectivity index (χ1) is 8.99. The largest absolute Gasteiger partial charge is 0.379 e. The smallest absolute Gasteiger partial charge is 0.231 e. The molecule has 1 aromatic carbocycles. The van der Waals surface area contributed by atoms with Crippen LogP contribution in [0.4, 0.5) is 11.4 Å². The van der Waals surface area contributed by atoms with Gasteiger partial charge in [-0.1, -0.05) is 11.6 Å². The lowest BCUT2D eigenvalue weighted by Gasteiger charge is -2.20. The Morgan fingerprint density at radius 1 is 1.47 bits per heavy atom. The highest BCUT2D eigenvalue weighted by Gasteiger charge is 2.31. The maximum Gasteiger partial charge on any atom is 0.231 e. The van der Waals surface area contributed by atoms with Gasteiger partial charge in [-0.15, -0.1) is 0 Å². The van der Waals surface area contributed by atoms with Gasteiger partial charge in [-0.3, -0.25) is 4.79 Å². The predicted octanol–water partition coefficient (Wildman–Crippen LogP) is 1.32. The first-order valence-corrected chi connectivity index (χ1v) is 6.48. The van der Waals surface area contributed by atoms with Crippen LogP contribution in [0.25, 0.3) is 0 Å². The van der Waals surface area contributed by atoms with Crippen LogP contribution in [0.5, 0.6) is 0 Å². The minimum absolute atomic E-state index is 0.129. The third kappa shape index (κ3) is 3.18. The van der Waals surface area contributed by atoms with Gasteiger partial charge in [0.05, 0.1) is 30.5 Å². The van der Waals surface area contributed by atoms with Crippen molar-refractivity contribution < 1.29 is 9.53 Å². The molecule has 1 amide bonds. The standard InChI is InChI=1S/C13H18ClN3O2/c1-17(2)12-4-3-8(14)5-11(12)16-13(18)9-6-19-7-10(9)15/h3-5,9-10H,6-7,15H2,1-2H3,(H,16,18). The highest BCUT2D eigenvalue weighted by molar-refractivity contribution is 6.31. The Hall–Kier alpha value is -1.30. The summed E-state index contributed by atoms with van der Waals surface area (Å²) in [5, 5.41) is 3.46. The molecule has 5 nitrogen and oxygen atoms in total. The zero-order valence-electron chi connectivity index (χ0n) is 11.0. The molecule has 0 radical (unpaired) electrons. The molecule has 2 unspecified atom stereocenters. The Balaban J connectivity index is 2.18. The second-order valence-electron chi connectivity index (χ2n) is 4.85. The number of carbonyl (C=O) groups excluding carboxylic acids is 1. The molecule has 6 heteroatoms. The van der Waals surface area contributed by atoms with Gasteiger partial charge in [-0.25, -0.2) is 0 Å². The van der Waals surface area contributed by atoms with Crippen molar-refractivity contribution in [3.8, 4) is 0 Å². The zero-order valence-corrected chi connectivity index (χ0v) is 11.8. The van der Waals surface area contributed by atoms with E-state index in [1.165, 1.54) is 0 Å². The van der Waals surface area contributed by atoms with Gasteiger partial charge in [0.15, 0.2) is 0 Å². The van der Waals surface area contributed by atoms with Crippen LogP contribution >= 0.6 is 11.6 Å². The summed E-state index contributed by atoms with van der Waals surface area (Å²) in [5.74, 6) is -0.440. The Labute approximate surface area is 117 Å². The summed E-state index contributed by atoms with van der Waals surface area (Å²) in [6, 6.07) is 5.14. The molecule has 0 spiro atoms. The molecule has 3 N–H and O–H groups in total. The van der Waals surface area contributed by atoms with Gasteiger partial charge in [0.2, 0.25) is 5.91 Å². The van der Waals surface area contributed by atoms with E-state index in [1.807, 2.05) is 25.1 Å². The number of nitrogens with two attached hydrogens (primary N) is 1. The molecule has 19 heavy (non-hydrogen) atoms. The van der Waals surface area contributed by atoms with Crippen molar-refractivity contribution in [1.29, 1.82) is 0 Å². The highest BCUT2D eigenvalue weighted by Crippen LogP contribution is 2.28. The minimum Gasteiger partial charge on any atom is -0.379 e. The summed E-state index contributed by atoms with van der Waals surface area (Å²) in [7, 11) is 3.81. The van der Waals surface area contributed by atoms with E-state index >= 15 is 0 Å². The van der Waals surface area contributed by atoms with Crippen molar-refractivity contribution in [2.75, 3.05) is 37.5 Å². The van der Waals surface area contributed by atoms with Crippen LogP contribution in [0.15, 0.2) is 18.2 Å². The van der Waals surface area contributed by atoms with Crippen molar-refractivity contribution in [3.05, 3.63) is 23.2 Å². The van der Waals surface area contributed by atoms with Gasteiger partial charge in [0, 0.05) is 25.2 Å². The quantitative estimate of drug-likeness (QED) is 0.878. The number of nitrogens with one attached hydrogen (secondary N) is 1. The number of hydrogen-bond acceptors (Lipinski definition) is 4. The van der Waals surface area contributed by atoms with Crippen LogP contribution < -0.4 is 16.0 Å². The number of carbonyl (C=O) groups is 1. The fourth-order valence-electron chi connectivity index (χ4n) is 2.06. The Morgan fingerprint density at radius 2 is 2.21 bits per heavy atom. The third-order valence-electron chi connectivity index (χ3n) is 3.16. The fourth-order valence-corrected chi connectivity index (χ4v) is 2.24. The lowest BCUT2D eigenvalue weighted by Crippen LogP contribution is -2.37. The normalized spacial score (nSPS) is 22.3. The molecule has 1 fully saturated rings. The molecule has 0 bridgehead atoms. The van der Waals surface area contributed by atoms with E-state index in [-0.39, 0.29) is 17.9 Å². The summed E-state index contributed by atoms with van der Waals surface area (Å²) in [5.41, 5.74) is 7.41. The molecule has 1 heterocycles. The van der Waals surface area contributed by atoms with Crippen LogP contribution in [0.3, 0.4) is 0 Å². The van der Waals surface area contributed by atoms with Gasteiger partial charge in [0.25, 0.3) is 0 Å². The summed E-state index contributed by atoms with van der Waals surface area (Å²) < 4.78 is 5.21. The number of benzene rings is 1. The Morgan fingerprint density at radius 3 is 2.79 bits per heavy atom. The SMILES string of the molecule is CN(C)c1ccc(Cl)cc1NC(=O)C1COCC1N. The number of anilines is 2. The number of hydrogen-bond donors (Lipinski definition) is 2. The highest BCUT2D eigenvalue weighted by atomic mass is 35.5. The van der Waals surface area contributed by atoms with Gasteiger partial charge in [-0.05, 0) is 18.2 Å². The van der Waals surface area contributed by atoms with E-state index in [1.54, 1.807) is 12.1 Å². The summed E-state index contributed by atoms with van der Waals surface area (Å²) >= 11 is 5.97. The molecule has 1 saturated heterocycles. The summed E-state index contributed by atoms with van der Waals surface area (Å²) in [4.78, 5) is 14.1. The lowest BCUT2D eigenvalue weighted by molar-refractivity contribution is -0.120. The Bertz CT molecular complexity index is 479. The first-order valence-electron chi connectivity index (χ1n) is 6.10. The van der Waals surface area contributed by atoms with Crippen LogP contribution in [0, 0.1) is 5.92 Å². The van der Waals surface area contributed by atoms with E-state index < -0.39 is 0 Å². The summed E-state index contributed by atoms with van der Waals surface area (Å²) in [6.45, 7) is 0.791. The molecule has 104 valence electrons. The summed E-state index contributed by atoms with van der Waals surface area (Å²) in [6.07, 6.45) is 0. The lowest BCUT2D eigenvalue weighted by atomic mass is 10.0. The van der Waals surface area contributed by atoms with E-state index in [2.05, 4.69) is 5.32 Å². The average molecular weight is 284 g/mol. The zero-order chi connectivity index (χ0) is 14.0. The number of nitrogens with zero attached hydrogens (tertiary/aromatic N) is 1. The van der Waals surface area contributed by atoms with E-state index in [4.69, 9.17) is 22.1 Å². The average Bonchev–Trinajstić information content (AvgIpc) is 2.75. The van der Waals surface area contributed by atoms with Crippen molar-refractivity contribution in [2.45, 2.75) is 6.04 Å². The van der Waals surface area contributed by atoms with Gasteiger partial charge >= 0.3 is 0 Å². The number of rotatable bonds is 3. The molecule has 0 aromatic heterocycles. The van der Waals surface area contributed by atoms with Crippen LogP contribution in [-0.2, 0) is 9.53 Å². The van der Waals surface area contributed by atoms with E-state index in [9.17, 15) is 4.79 Å². The van der Waals surface area contributed by atoms with Crippen LogP contribution in [0.2, 0.25) is 5.02 Å². The maximum atomic E-state index is 12.2. The number of amides is 1. The molecule has 1 aliphatic rings. The number of ether oxygens (including phenoxy) is 1. The molecule has 0 saturated carbocycles. The fraction of sp³-hybridized carbons (Fsp3) is 0.462. The predicted molar refractivity (Wildman–Crippen MR) is 76.7 cm³/mol. The monoisotopic (exact) mass is 283 g/mol. The molecule has 2 rings (SSSR count). The van der Waals surface area contributed by atoms with Gasteiger partial charge in [-0.2, -0.15) is 0 Å². The third-order valence-corrected chi connectivity index (χ3v) is 3.39. The second kappa shape index (κ2) is 5.77. The molecule has 2 atom stereocenters. The van der Waals surface area contributed by atoms with Crippen molar-refractivity contribution in [1.82, 2.24) is 0 Å². The van der Waals surface area contributed by atoms with Crippen LogP contribution in [-0.4, -0.2) is 39.3 Å². The minimum atomic E-state index is -0.311. The van der Waals surface area contributed by atoms with Crippen LogP contribution in [0.1, 0.15) is 0 Å². The first kappa shape index (κ1) is 14.1. The maximum absolute atomic E-state index is 12.2. The molecular formula is C13H18ClN3O2. The Kier molecular flexibility index (Phi) is 4.29. The molecule has 1 aromatic rings. The molecule has 1 aliphatic heterocycles. The molecule has 0 aliphatic carbocycles. The van der Waals surface area contributed by atoms with Gasteiger partial charge < -0.3 is 20.7 Å². The van der Waals surface area contributed by atoms with Crippen molar-refractivity contribution >= 4 is 28.9 Å². The van der Waals surface area contributed by atoms with Gasteiger partial charge in [0.1, 0.15) is 0 Å². The van der Waals surface area contributed by atoms with Crippen molar-refractivity contribution in [3.63, 3.8) is 0 Å². The topological polar surface area (TPSA) is 67.6 Å². The van der Waals surface area contributed by atoms with Crippen molar-refractivity contribution in [2.24, 2.45) is 11.7 Å². The number of halogens is 1. The second-order valence-corrected chi connectivity index (χ2v) is 5.29. The van der Waals surface area contributed by atoms with E-state index in [0.29, 0.717) is 23.9 Å². The molecular weight excluding hydrogens is 266 g/mol.